The zero-order valence-electron chi connectivity index (χ0n) is 9.56. The van der Waals surface area contributed by atoms with Gasteiger partial charge in [0.05, 0.1) is 0 Å². The molecule has 1 rings (SSSR count). The van der Waals surface area contributed by atoms with Crippen molar-refractivity contribution < 1.29 is 4.79 Å². The summed E-state index contributed by atoms with van der Waals surface area (Å²) in [5, 5.41) is 0. The first-order valence-corrected chi connectivity index (χ1v) is 4.94. The first kappa shape index (κ1) is 12.2. The van der Waals surface area contributed by atoms with Crippen LogP contribution >= 0.6 is 0 Å². The third-order valence-corrected chi connectivity index (χ3v) is 2.41. The molecule has 1 aliphatic rings. The topological polar surface area (TPSA) is 17.1 Å². The molecule has 0 N–H and O–H groups in total. The van der Waals surface area contributed by atoms with Crippen molar-refractivity contribution in [2.75, 3.05) is 0 Å². The summed E-state index contributed by atoms with van der Waals surface area (Å²) in [5.74, 6) is 0.222. The highest BCUT2D eigenvalue weighted by Crippen LogP contribution is 2.46. The zero-order chi connectivity index (χ0) is 10.6. The minimum atomic E-state index is 0.000579. The zero-order valence-corrected chi connectivity index (χ0v) is 9.56. The smallest absolute Gasteiger partial charge is 0.186 e. The SMILES string of the molecule is C/C=C1\C(=O)/C(=C\C)C1(C)C.CC. The third kappa shape index (κ3) is 1.74. The van der Waals surface area contributed by atoms with Crippen LogP contribution in [0.1, 0.15) is 41.5 Å². The van der Waals surface area contributed by atoms with Crippen LogP contribution in [0.3, 0.4) is 0 Å². The average molecular weight is 180 g/mol. The molecule has 0 unspecified atom stereocenters. The Balaban J connectivity index is 0.000000671. The summed E-state index contributed by atoms with van der Waals surface area (Å²) in [5.41, 5.74) is 1.90. The minimum absolute atomic E-state index is 0.000579. The van der Waals surface area contributed by atoms with Gasteiger partial charge in [-0.2, -0.15) is 0 Å². The van der Waals surface area contributed by atoms with Crippen LogP contribution in [0.4, 0.5) is 0 Å². The van der Waals surface area contributed by atoms with Crippen LogP contribution in [0.2, 0.25) is 0 Å². The molecule has 74 valence electrons. The molecule has 13 heavy (non-hydrogen) atoms. The Morgan fingerprint density at radius 3 is 1.46 bits per heavy atom. The predicted molar refractivity (Wildman–Crippen MR) is 57.7 cm³/mol. The van der Waals surface area contributed by atoms with Crippen LogP contribution < -0.4 is 0 Å². The quantitative estimate of drug-likeness (QED) is 0.521. The average Bonchev–Trinajstić information content (AvgIpc) is 2.08. The van der Waals surface area contributed by atoms with E-state index in [0.29, 0.717) is 0 Å². The maximum absolute atomic E-state index is 11.3. The summed E-state index contributed by atoms with van der Waals surface area (Å²) >= 11 is 0. The lowest BCUT2D eigenvalue weighted by atomic mass is 9.62. The maximum atomic E-state index is 11.3. The molecule has 0 radical (unpaired) electrons. The summed E-state index contributed by atoms with van der Waals surface area (Å²) in [7, 11) is 0. The Morgan fingerprint density at radius 2 is 1.31 bits per heavy atom. The van der Waals surface area contributed by atoms with Gasteiger partial charge in [-0.15, -0.1) is 0 Å². The van der Waals surface area contributed by atoms with Crippen molar-refractivity contribution in [2.24, 2.45) is 5.41 Å². The van der Waals surface area contributed by atoms with Gasteiger partial charge in [-0.1, -0.05) is 39.8 Å². The normalized spacial score (nSPS) is 25.2. The Morgan fingerprint density at radius 1 is 1.00 bits per heavy atom. The molecule has 1 heteroatoms. The van der Waals surface area contributed by atoms with Crippen LogP contribution in [0, 0.1) is 5.41 Å². The van der Waals surface area contributed by atoms with Crippen LogP contribution in [0.25, 0.3) is 0 Å². The van der Waals surface area contributed by atoms with Gasteiger partial charge in [0, 0.05) is 16.6 Å². The molecule has 1 aliphatic carbocycles. The summed E-state index contributed by atoms with van der Waals surface area (Å²) < 4.78 is 0. The summed E-state index contributed by atoms with van der Waals surface area (Å²) in [6, 6.07) is 0. The lowest BCUT2D eigenvalue weighted by Crippen LogP contribution is -2.39. The van der Waals surface area contributed by atoms with Gasteiger partial charge in [-0.05, 0) is 13.8 Å². The Bertz CT molecular complexity index is 230. The van der Waals surface area contributed by atoms with Crippen LogP contribution in [-0.2, 0) is 4.79 Å². The Kier molecular flexibility index (Phi) is 4.12. The van der Waals surface area contributed by atoms with E-state index < -0.39 is 0 Å². The number of allylic oxidation sites excluding steroid dienone is 4. The molecule has 0 saturated heterocycles. The second-order valence-corrected chi connectivity index (χ2v) is 3.36. The molecular formula is C12H20O. The molecule has 0 aromatic carbocycles. The first-order valence-electron chi connectivity index (χ1n) is 4.94. The molecule has 0 aromatic rings. The van der Waals surface area contributed by atoms with Gasteiger partial charge in [0.15, 0.2) is 5.78 Å². The van der Waals surface area contributed by atoms with E-state index in [-0.39, 0.29) is 11.2 Å². The second-order valence-electron chi connectivity index (χ2n) is 3.36. The van der Waals surface area contributed by atoms with E-state index in [1.807, 2.05) is 39.8 Å². The summed E-state index contributed by atoms with van der Waals surface area (Å²) in [4.78, 5) is 11.3. The van der Waals surface area contributed by atoms with Crippen molar-refractivity contribution in [3.8, 4) is 0 Å². The Hall–Kier alpha value is -0.850. The van der Waals surface area contributed by atoms with Crippen LogP contribution in [-0.4, -0.2) is 5.78 Å². The molecule has 0 spiro atoms. The van der Waals surface area contributed by atoms with E-state index in [2.05, 4.69) is 13.8 Å². The fourth-order valence-corrected chi connectivity index (χ4v) is 1.78. The van der Waals surface area contributed by atoms with Crippen LogP contribution in [0.15, 0.2) is 23.3 Å². The summed E-state index contributed by atoms with van der Waals surface area (Å²) in [6.45, 7) is 12.0. The van der Waals surface area contributed by atoms with Gasteiger partial charge in [0.2, 0.25) is 0 Å². The summed E-state index contributed by atoms with van der Waals surface area (Å²) in [6.07, 6.45) is 3.82. The van der Waals surface area contributed by atoms with Crippen LogP contribution in [0.5, 0.6) is 0 Å². The highest BCUT2D eigenvalue weighted by molar-refractivity contribution is 6.18. The van der Waals surface area contributed by atoms with Gasteiger partial charge < -0.3 is 0 Å². The molecule has 0 atom stereocenters. The maximum Gasteiger partial charge on any atom is 0.186 e. The number of rotatable bonds is 0. The molecule has 1 saturated carbocycles. The predicted octanol–water partition coefficient (Wildman–Crippen LogP) is 3.51. The highest BCUT2D eigenvalue weighted by Gasteiger charge is 2.45. The largest absolute Gasteiger partial charge is 0.289 e. The van der Waals surface area contributed by atoms with E-state index in [9.17, 15) is 4.79 Å². The molecule has 0 heterocycles. The minimum Gasteiger partial charge on any atom is -0.289 e. The van der Waals surface area contributed by atoms with Gasteiger partial charge >= 0.3 is 0 Å². The van der Waals surface area contributed by atoms with Crippen molar-refractivity contribution in [2.45, 2.75) is 41.5 Å². The van der Waals surface area contributed by atoms with Crippen molar-refractivity contribution >= 4 is 5.78 Å². The highest BCUT2D eigenvalue weighted by atomic mass is 16.1. The van der Waals surface area contributed by atoms with Gasteiger partial charge in [0.1, 0.15) is 0 Å². The molecule has 0 aliphatic heterocycles. The fraction of sp³-hybridized carbons (Fsp3) is 0.583. The number of carbonyl (C=O) groups excluding carboxylic acids is 1. The van der Waals surface area contributed by atoms with Gasteiger partial charge in [0.25, 0.3) is 0 Å². The Labute approximate surface area is 81.5 Å². The van der Waals surface area contributed by atoms with E-state index in [0.717, 1.165) is 11.1 Å². The number of carbonyl (C=O) groups is 1. The molecular weight excluding hydrogens is 160 g/mol. The molecule has 1 nitrogen and oxygen atoms in total. The first-order chi connectivity index (χ1) is 6.05. The second kappa shape index (κ2) is 4.40. The number of Topliss-reactive ketones (excluding diaryl/α,β-unsaturated/α-hetero) is 1. The van der Waals surface area contributed by atoms with Crippen molar-refractivity contribution in [1.82, 2.24) is 0 Å². The fourth-order valence-electron chi connectivity index (χ4n) is 1.78. The number of ketones is 1. The van der Waals surface area contributed by atoms with E-state index in [4.69, 9.17) is 0 Å². The number of hydrogen-bond donors (Lipinski definition) is 0. The molecule has 0 aromatic heterocycles. The van der Waals surface area contributed by atoms with Crippen molar-refractivity contribution in [1.29, 1.82) is 0 Å². The monoisotopic (exact) mass is 180 g/mol. The van der Waals surface area contributed by atoms with E-state index >= 15 is 0 Å². The van der Waals surface area contributed by atoms with E-state index in [1.165, 1.54) is 0 Å². The number of hydrogen-bond acceptors (Lipinski definition) is 1. The third-order valence-electron chi connectivity index (χ3n) is 2.41. The van der Waals surface area contributed by atoms with Crippen molar-refractivity contribution in [3.63, 3.8) is 0 Å². The van der Waals surface area contributed by atoms with Crippen molar-refractivity contribution in [3.05, 3.63) is 23.3 Å². The van der Waals surface area contributed by atoms with E-state index in [1.54, 1.807) is 0 Å². The van der Waals surface area contributed by atoms with Gasteiger partial charge in [-0.25, -0.2) is 0 Å². The van der Waals surface area contributed by atoms with Gasteiger partial charge in [-0.3, -0.25) is 4.79 Å². The molecule has 1 fully saturated rings. The lowest BCUT2D eigenvalue weighted by molar-refractivity contribution is -0.117. The molecule has 0 bridgehead atoms. The lowest BCUT2D eigenvalue weighted by Gasteiger charge is -2.39. The standard InChI is InChI=1S/C10H14O.C2H6/c1-5-7-9(11)8(6-2)10(7,3)4;1-2/h5-6H,1-4H3;1-2H3/b7-5+,8-6+;. The molecule has 0 amide bonds.